The molecule has 116 valence electrons. The lowest BCUT2D eigenvalue weighted by Gasteiger charge is -2.32. The van der Waals surface area contributed by atoms with Crippen LogP contribution >= 0.6 is 11.6 Å². The molecule has 0 aliphatic carbocycles. The van der Waals surface area contributed by atoms with Gasteiger partial charge in [0.1, 0.15) is 0 Å². The Balaban J connectivity index is 1.93. The summed E-state index contributed by atoms with van der Waals surface area (Å²) in [5.41, 5.74) is 3.56. The predicted molar refractivity (Wildman–Crippen MR) is 86.5 cm³/mol. The van der Waals surface area contributed by atoms with Gasteiger partial charge in [-0.3, -0.25) is 15.5 Å². The molecule has 0 radical (unpaired) electrons. The lowest BCUT2D eigenvalue weighted by atomic mass is 10.1. The second-order valence-electron chi connectivity index (χ2n) is 5.49. The van der Waals surface area contributed by atoms with Crippen LogP contribution in [0, 0.1) is 0 Å². The number of nitrogens with zero attached hydrogens (tertiary/aromatic N) is 1. The van der Waals surface area contributed by atoms with Gasteiger partial charge in [-0.25, -0.2) is 0 Å². The standard InChI is InChI=1S/C15H23ClN4O/c1-11(20-7-3-2-4-8-20)10-18-15(21)13-9-12(16)5-6-14(13)19-17/h5-6,9,11,19H,2-4,7-8,10,17H2,1H3,(H,18,21). The van der Waals surface area contributed by atoms with Gasteiger partial charge in [-0.05, 0) is 51.1 Å². The van der Waals surface area contributed by atoms with Crippen LogP contribution in [-0.4, -0.2) is 36.5 Å². The number of carbonyl (C=O) groups is 1. The van der Waals surface area contributed by atoms with E-state index in [0.29, 0.717) is 28.9 Å². The van der Waals surface area contributed by atoms with Gasteiger partial charge in [0.15, 0.2) is 0 Å². The Morgan fingerprint density at radius 2 is 2.10 bits per heavy atom. The van der Waals surface area contributed by atoms with Crippen LogP contribution in [0.2, 0.25) is 5.02 Å². The van der Waals surface area contributed by atoms with Gasteiger partial charge in [0.25, 0.3) is 5.91 Å². The first-order chi connectivity index (χ1) is 10.1. The van der Waals surface area contributed by atoms with E-state index in [1.807, 2.05) is 0 Å². The van der Waals surface area contributed by atoms with Gasteiger partial charge in [-0.2, -0.15) is 0 Å². The number of likely N-dealkylation sites (tertiary alicyclic amines) is 1. The molecule has 21 heavy (non-hydrogen) atoms. The quantitative estimate of drug-likeness (QED) is 0.576. The van der Waals surface area contributed by atoms with Crippen molar-refractivity contribution in [3.8, 4) is 0 Å². The topological polar surface area (TPSA) is 70.4 Å². The summed E-state index contributed by atoms with van der Waals surface area (Å²) in [6.07, 6.45) is 3.80. The number of hydrazine groups is 1. The first-order valence-electron chi connectivity index (χ1n) is 7.40. The number of piperidine rings is 1. The monoisotopic (exact) mass is 310 g/mol. The third-order valence-corrected chi connectivity index (χ3v) is 4.19. The van der Waals surface area contributed by atoms with Crippen LogP contribution in [0.4, 0.5) is 5.69 Å². The average Bonchev–Trinajstić information content (AvgIpc) is 2.53. The van der Waals surface area contributed by atoms with Crippen molar-refractivity contribution in [1.82, 2.24) is 10.2 Å². The molecule has 1 unspecified atom stereocenters. The Morgan fingerprint density at radius 3 is 2.76 bits per heavy atom. The van der Waals surface area contributed by atoms with E-state index in [-0.39, 0.29) is 5.91 Å². The van der Waals surface area contributed by atoms with Gasteiger partial charge < -0.3 is 10.7 Å². The third kappa shape index (κ3) is 4.33. The Labute approximate surface area is 130 Å². The molecule has 1 heterocycles. The first kappa shape index (κ1) is 16.1. The van der Waals surface area contributed by atoms with Crippen molar-refractivity contribution in [2.24, 2.45) is 5.84 Å². The van der Waals surface area contributed by atoms with Gasteiger partial charge in [0, 0.05) is 17.6 Å². The molecule has 4 N–H and O–H groups in total. The van der Waals surface area contributed by atoms with Crippen LogP contribution in [0.15, 0.2) is 18.2 Å². The molecule has 6 heteroatoms. The average molecular weight is 311 g/mol. The van der Waals surface area contributed by atoms with Gasteiger partial charge >= 0.3 is 0 Å². The van der Waals surface area contributed by atoms with Crippen molar-refractivity contribution in [1.29, 1.82) is 0 Å². The number of carbonyl (C=O) groups excluding carboxylic acids is 1. The maximum atomic E-state index is 12.3. The summed E-state index contributed by atoms with van der Waals surface area (Å²) in [4.78, 5) is 14.7. The normalized spacial score (nSPS) is 17.3. The van der Waals surface area contributed by atoms with Gasteiger partial charge in [0.2, 0.25) is 0 Å². The Morgan fingerprint density at radius 1 is 1.38 bits per heavy atom. The van der Waals surface area contributed by atoms with Crippen molar-refractivity contribution in [2.45, 2.75) is 32.2 Å². The van der Waals surface area contributed by atoms with Crippen LogP contribution in [0.25, 0.3) is 0 Å². The third-order valence-electron chi connectivity index (χ3n) is 3.95. The number of hydrogen-bond donors (Lipinski definition) is 3. The van der Waals surface area contributed by atoms with E-state index in [0.717, 1.165) is 13.1 Å². The number of halogens is 1. The maximum absolute atomic E-state index is 12.3. The highest BCUT2D eigenvalue weighted by Gasteiger charge is 2.18. The molecular weight excluding hydrogens is 288 g/mol. The van der Waals surface area contributed by atoms with Crippen molar-refractivity contribution in [3.63, 3.8) is 0 Å². The van der Waals surface area contributed by atoms with Crippen molar-refractivity contribution in [3.05, 3.63) is 28.8 Å². The van der Waals surface area contributed by atoms with Gasteiger partial charge in [-0.1, -0.05) is 18.0 Å². The smallest absolute Gasteiger partial charge is 0.253 e. The molecule has 1 atom stereocenters. The minimum absolute atomic E-state index is 0.158. The van der Waals surface area contributed by atoms with Gasteiger partial charge in [0.05, 0.1) is 11.3 Å². The number of nitrogens with two attached hydrogens (primary N) is 1. The fourth-order valence-electron chi connectivity index (χ4n) is 2.65. The molecule has 1 aromatic rings. The number of anilines is 1. The molecule has 5 nitrogen and oxygen atoms in total. The van der Waals surface area contributed by atoms with Crippen LogP contribution in [0.1, 0.15) is 36.5 Å². The number of hydrogen-bond acceptors (Lipinski definition) is 4. The highest BCUT2D eigenvalue weighted by Crippen LogP contribution is 2.20. The van der Waals surface area contributed by atoms with E-state index in [9.17, 15) is 4.79 Å². The summed E-state index contributed by atoms with van der Waals surface area (Å²) in [7, 11) is 0. The molecule has 2 rings (SSSR count). The lowest BCUT2D eigenvalue weighted by Crippen LogP contribution is -2.44. The minimum Gasteiger partial charge on any atom is -0.350 e. The van der Waals surface area contributed by atoms with Crippen LogP contribution < -0.4 is 16.6 Å². The molecule has 0 saturated carbocycles. The van der Waals surface area contributed by atoms with Gasteiger partial charge in [-0.15, -0.1) is 0 Å². The zero-order valence-electron chi connectivity index (χ0n) is 12.4. The van der Waals surface area contributed by atoms with E-state index in [1.165, 1.54) is 19.3 Å². The van der Waals surface area contributed by atoms with E-state index >= 15 is 0 Å². The number of nitrogen functional groups attached to an aromatic ring is 1. The zero-order valence-corrected chi connectivity index (χ0v) is 13.1. The number of benzene rings is 1. The first-order valence-corrected chi connectivity index (χ1v) is 7.78. The summed E-state index contributed by atoms with van der Waals surface area (Å²) in [5, 5.41) is 3.48. The summed E-state index contributed by atoms with van der Waals surface area (Å²) < 4.78 is 0. The molecule has 0 bridgehead atoms. The van der Waals surface area contributed by atoms with E-state index in [4.69, 9.17) is 17.4 Å². The van der Waals surface area contributed by atoms with E-state index < -0.39 is 0 Å². The summed E-state index contributed by atoms with van der Waals surface area (Å²) in [6, 6.07) is 5.36. The molecule has 1 aliphatic rings. The molecule has 0 spiro atoms. The largest absolute Gasteiger partial charge is 0.350 e. The van der Waals surface area contributed by atoms with Crippen molar-refractivity contribution >= 4 is 23.2 Å². The summed E-state index contributed by atoms with van der Waals surface area (Å²) >= 11 is 5.95. The molecule has 1 amide bonds. The molecule has 1 aliphatic heterocycles. The SMILES string of the molecule is CC(CNC(=O)c1cc(Cl)ccc1NN)N1CCCCC1. The highest BCUT2D eigenvalue weighted by molar-refractivity contribution is 6.31. The van der Waals surface area contributed by atoms with E-state index in [1.54, 1.807) is 18.2 Å². The van der Waals surface area contributed by atoms with E-state index in [2.05, 4.69) is 22.6 Å². The molecular formula is C15H23ClN4O. The highest BCUT2D eigenvalue weighted by atomic mass is 35.5. The van der Waals surface area contributed by atoms with Crippen LogP contribution in [-0.2, 0) is 0 Å². The molecule has 0 aromatic heterocycles. The molecule has 1 fully saturated rings. The minimum atomic E-state index is -0.158. The molecule has 1 aromatic carbocycles. The number of amides is 1. The maximum Gasteiger partial charge on any atom is 0.253 e. The lowest BCUT2D eigenvalue weighted by molar-refractivity contribution is 0.0930. The zero-order chi connectivity index (χ0) is 15.2. The number of rotatable bonds is 5. The fraction of sp³-hybridized carbons (Fsp3) is 0.533. The summed E-state index contributed by atoms with van der Waals surface area (Å²) in [5.74, 6) is 5.27. The molecule has 1 saturated heterocycles. The fourth-order valence-corrected chi connectivity index (χ4v) is 2.83. The Bertz CT molecular complexity index is 489. The second-order valence-corrected chi connectivity index (χ2v) is 5.93. The van der Waals surface area contributed by atoms with Crippen molar-refractivity contribution < 1.29 is 4.79 Å². The number of nitrogens with one attached hydrogen (secondary N) is 2. The summed E-state index contributed by atoms with van der Waals surface area (Å²) in [6.45, 7) is 4.99. The van der Waals surface area contributed by atoms with Crippen molar-refractivity contribution in [2.75, 3.05) is 25.1 Å². The Hall–Kier alpha value is -1.30. The van der Waals surface area contributed by atoms with Crippen LogP contribution in [0.3, 0.4) is 0 Å². The predicted octanol–water partition coefficient (Wildman–Crippen LogP) is 2.23. The second kappa shape index (κ2) is 7.64. The van der Waals surface area contributed by atoms with Crippen LogP contribution in [0.5, 0.6) is 0 Å². The Kier molecular flexibility index (Phi) is 5.85.